The van der Waals surface area contributed by atoms with Gasteiger partial charge in [-0.1, -0.05) is 35.5 Å². The second kappa shape index (κ2) is 6.52. The Balaban J connectivity index is 1.59. The summed E-state index contributed by atoms with van der Waals surface area (Å²) in [5.41, 5.74) is 0.341. The fraction of sp³-hybridized carbons (Fsp3) is 0.471. The van der Waals surface area contributed by atoms with Crippen LogP contribution >= 0.6 is 15.9 Å². The van der Waals surface area contributed by atoms with Gasteiger partial charge in [-0.15, -0.1) is 0 Å². The highest BCUT2D eigenvalue weighted by molar-refractivity contribution is 9.10. The van der Waals surface area contributed by atoms with Crippen LogP contribution in [0.5, 0.6) is 0 Å². The highest BCUT2D eigenvalue weighted by atomic mass is 79.9. The van der Waals surface area contributed by atoms with Gasteiger partial charge in [0.05, 0.1) is 5.60 Å². The number of halogens is 1. The second-order valence-corrected chi connectivity index (χ2v) is 6.92. The van der Waals surface area contributed by atoms with Crippen molar-refractivity contribution in [2.45, 2.75) is 37.8 Å². The molecular weight excluding hydrogens is 344 g/mol. The molecule has 0 bridgehead atoms. The topological polar surface area (TPSA) is 49.5 Å². The van der Waals surface area contributed by atoms with Gasteiger partial charge in [0, 0.05) is 31.6 Å². The number of aliphatic hydroxyl groups is 1. The van der Waals surface area contributed by atoms with Crippen molar-refractivity contribution in [1.29, 1.82) is 0 Å². The Labute approximate surface area is 139 Å². The maximum Gasteiger partial charge on any atom is 0.149 e. The van der Waals surface area contributed by atoms with Gasteiger partial charge in [0.1, 0.15) is 10.4 Å². The van der Waals surface area contributed by atoms with E-state index in [-0.39, 0.29) is 0 Å². The lowest BCUT2D eigenvalue weighted by atomic mass is 9.84. The summed E-state index contributed by atoms with van der Waals surface area (Å²) in [7, 11) is 0. The lowest BCUT2D eigenvalue weighted by Gasteiger charge is -2.41. The summed E-state index contributed by atoms with van der Waals surface area (Å²) in [4.78, 5) is 2.41. The van der Waals surface area contributed by atoms with Crippen LogP contribution in [0.1, 0.15) is 31.1 Å². The van der Waals surface area contributed by atoms with E-state index in [2.05, 4.69) is 32.9 Å². The van der Waals surface area contributed by atoms with E-state index in [1.807, 2.05) is 36.4 Å². The van der Waals surface area contributed by atoms with E-state index in [1.165, 1.54) is 0 Å². The fourth-order valence-corrected chi connectivity index (χ4v) is 3.50. The third-order valence-corrected chi connectivity index (χ3v) is 4.96. The van der Waals surface area contributed by atoms with Gasteiger partial charge in [0.15, 0.2) is 0 Å². The van der Waals surface area contributed by atoms with Crippen molar-refractivity contribution >= 4 is 15.9 Å². The van der Waals surface area contributed by atoms with E-state index in [0.717, 1.165) is 48.3 Å². The molecule has 4 nitrogen and oxygen atoms in total. The number of nitrogens with zero attached hydrogens (tertiary/aromatic N) is 2. The van der Waals surface area contributed by atoms with Gasteiger partial charge in [0.25, 0.3) is 0 Å². The first-order valence-corrected chi connectivity index (χ1v) is 8.49. The number of hydrogen-bond donors (Lipinski definition) is 1. The lowest BCUT2D eigenvalue weighted by molar-refractivity contribution is -0.0343. The molecular formula is C17H21BrN2O2. The minimum atomic E-state index is -0.688. The summed E-state index contributed by atoms with van der Waals surface area (Å²) in [5, 5.41) is 14.7. The van der Waals surface area contributed by atoms with Crippen LogP contribution in [-0.2, 0) is 12.0 Å². The Bertz CT molecular complexity index is 606. The van der Waals surface area contributed by atoms with E-state index >= 15 is 0 Å². The lowest BCUT2D eigenvalue weighted by Crippen LogP contribution is -2.46. The zero-order valence-electron chi connectivity index (χ0n) is 12.7. The number of benzene rings is 1. The van der Waals surface area contributed by atoms with E-state index in [9.17, 15) is 5.11 Å². The molecule has 1 fully saturated rings. The van der Waals surface area contributed by atoms with Crippen LogP contribution in [0.4, 0.5) is 0 Å². The first-order chi connectivity index (χ1) is 10.6. The number of likely N-dealkylation sites (tertiary alicyclic amines) is 1. The zero-order valence-corrected chi connectivity index (χ0v) is 14.3. The number of aromatic nitrogens is 1. The summed E-state index contributed by atoms with van der Waals surface area (Å²) in [6.45, 7) is 3.98. The maximum atomic E-state index is 10.9. The smallest absolute Gasteiger partial charge is 0.149 e. The summed E-state index contributed by atoms with van der Waals surface area (Å²) >= 11 is 3.31. The van der Waals surface area contributed by atoms with E-state index in [4.69, 9.17) is 4.52 Å². The largest absolute Gasteiger partial charge is 0.385 e. The van der Waals surface area contributed by atoms with Gasteiger partial charge in [-0.05, 0) is 41.3 Å². The molecule has 2 heterocycles. The zero-order chi connectivity index (χ0) is 15.6. The van der Waals surface area contributed by atoms with Gasteiger partial charge >= 0.3 is 0 Å². The van der Waals surface area contributed by atoms with Crippen molar-refractivity contribution < 1.29 is 9.63 Å². The molecule has 0 aliphatic carbocycles. The minimum Gasteiger partial charge on any atom is -0.385 e. The van der Waals surface area contributed by atoms with Crippen molar-refractivity contribution in [3.05, 3.63) is 52.3 Å². The van der Waals surface area contributed by atoms with E-state index in [1.54, 1.807) is 0 Å². The van der Waals surface area contributed by atoms with Gasteiger partial charge in [-0.3, -0.25) is 4.90 Å². The number of hydrogen-bond acceptors (Lipinski definition) is 4. The van der Waals surface area contributed by atoms with Crippen LogP contribution in [0.15, 0.2) is 45.5 Å². The average molecular weight is 365 g/mol. The van der Waals surface area contributed by atoms with Gasteiger partial charge in [-0.2, -0.15) is 0 Å². The van der Waals surface area contributed by atoms with Gasteiger partial charge in [-0.25, -0.2) is 0 Å². The first kappa shape index (κ1) is 15.7. The molecule has 3 rings (SSSR count). The standard InChI is InChI=1S/C17H21BrN2O2/c1-13(11-15-12-16(18)19-22-15)20-9-7-17(21,8-10-20)14-5-3-2-4-6-14/h2-6,12-13,21H,7-11H2,1H3. The molecule has 0 radical (unpaired) electrons. The third kappa shape index (κ3) is 3.42. The molecule has 1 aliphatic rings. The predicted molar refractivity (Wildman–Crippen MR) is 88.5 cm³/mol. The molecule has 2 aromatic rings. The molecule has 1 unspecified atom stereocenters. The molecule has 0 saturated carbocycles. The van der Waals surface area contributed by atoms with E-state index in [0.29, 0.717) is 6.04 Å². The van der Waals surface area contributed by atoms with Crippen LogP contribution in [0.25, 0.3) is 0 Å². The highest BCUT2D eigenvalue weighted by Crippen LogP contribution is 2.33. The average Bonchev–Trinajstić information content (AvgIpc) is 2.94. The summed E-state index contributed by atoms with van der Waals surface area (Å²) in [5.74, 6) is 0.892. The molecule has 1 aromatic heterocycles. The number of rotatable bonds is 4. The molecule has 5 heteroatoms. The Hall–Kier alpha value is -1.17. The molecule has 1 aliphatic heterocycles. The Morgan fingerprint density at radius 3 is 2.59 bits per heavy atom. The Morgan fingerprint density at radius 1 is 1.32 bits per heavy atom. The van der Waals surface area contributed by atoms with Crippen molar-refractivity contribution in [3.8, 4) is 0 Å². The molecule has 0 spiro atoms. The van der Waals surface area contributed by atoms with E-state index < -0.39 is 5.60 Å². The quantitative estimate of drug-likeness (QED) is 0.903. The van der Waals surface area contributed by atoms with Crippen molar-refractivity contribution in [2.24, 2.45) is 0 Å². The number of piperidine rings is 1. The molecule has 0 amide bonds. The Kier molecular flexibility index (Phi) is 4.66. The van der Waals surface area contributed by atoms with Crippen molar-refractivity contribution in [2.75, 3.05) is 13.1 Å². The van der Waals surface area contributed by atoms with Gasteiger partial charge in [0.2, 0.25) is 0 Å². The van der Waals surface area contributed by atoms with Crippen LogP contribution in [0.3, 0.4) is 0 Å². The fourth-order valence-electron chi connectivity index (χ4n) is 3.18. The molecule has 1 N–H and O–H groups in total. The SMILES string of the molecule is CC(Cc1cc(Br)no1)N1CCC(O)(c2ccccc2)CC1. The van der Waals surface area contributed by atoms with Crippen LogP contribution in [-0.4, -0.2) is 34.3 Å². The summed E-state index contributed by atoms with van der Waals surface area (Å²) in [6, 6.07) is 12.3. The van der Waals surface area contributed by atoms with Crippen molar-refractivity contribution in [3.63, 3.8) is 0 Å². The maximum absolute atomic E-state index is 10.9. The normalized spacial score (nSPS) is 20.0. The van der Waals surface area contributed by atoms with Crippen LogP contribution in [0.2, 0.25) is 0 Å². The molecule has 1 aromatic carbocycles. The molecule has 118 valence electrons. The molecule has 1 atom stereocenters. The van der Waals surface area contributed by atoms with Crippen molar-refractivity contribution in [1.82, 2.24) is 10.1 Å². The Morgan fingerprint density at radius 2 is 2.00 bits per heavy atom. The minimum absolute atomic E-state index is 0.375. The second-order valence-electron chi connectivity index (χ2n) is 6.10. The predicted octanol–water partition coefficient (Wildman–Crippen LogP) is 3.35. The van der Waals surface area contributed by atoms with Gasteiger partial charge < -0.3 is 9.63 Å². The third-order valence-electron chi connectivity index (χ3n) is 4.59. The van der Waals surface area contributed by atoms with Crippen LogP contribution in [0, 0.1) is 0 Å². The highest BCUT2D eigenvalue weighted by Gasteiger charge is 2.35. The first-order valence-electron chi connectivity index (χ1n) is 7.70. The summed E-state index contributed by atoms with van der Waals surface area (Å²) in [6.07, 6.45) is 2.37. The molecule has 22 heavy (non-hydrogen) atoms. The summed E-state index contributed by atoms with van der Waals surface area (Å²) < 4.78 is 6.01. The molecule has 1 saturated heterocycles. The monoisotopic (exact) mass is 364 g/mol. The van der Waals surface area contributed by atoms with Crippen LogP contribution < -0.4 is 0 Å².